The van der Waals surface area contributed by atoms with Gasteiger partial charge in [0.15, 0.2) is 0 Å². The van der Waals surface area contributed by atoms with Crippen LogP contribution in [-0.4, -0.2) is 22.8 Å². The van der Waals surface area contributed by atoms with Gasteiger partial charge >= 0.3 is 0 Å². The molecule has 0 amide bonds. The molecule has 0 nitrogen and oxygen atoms in total. The monoisotopic (exact) mass is 428 g/mol. The van der Waals surface area contributed by atoms with Crippen LogP contribution in [0.4, 0.5) is 8.78 Å². The van der Waals surface area contributed by atoms with Crippen molar-refractivity contribution in [3.8, 4) is 0 Å². The lowest BCUT2D eigenvalue weighted by Crippen LogP contribution is -2.44. The van der Waals surface area contributed by atoms with E-state index in [1.807, 2.05) is 0 Å². The first kappa shape index (κ1) is 23.9. The van der Waals surface area contributed by atoms with Crippen molar-refractivity contribution in [2.45, 2.75) is 134 Å². The number of hydrogen-bond donors (Lipinski definition) is 0. The molecule has 3 aliphatic rings. The van der Waals surface area contributed by atoms with Gasteiger partial charge in [0.25, 0.3) is 0 Å². The molecule has 0 aromatic rings. The van der Waals surface area contributed by atoms with Crippen LogP contribution in [0.25, 0.3) is 0 Å². The third-order valence-electron chi connectivity index (χ3n) is 8.62. The van der Waals surface area contributed by atoms with E-state index in [0.29, 0.717) is 11.2 Å². The predicted molar refractivity (Wildman–Crippen MR) is 124 cm³/mol. The molecule has 170 valence electrons. The van der Waals surface area contributed by atoms with Crippen molar-refractivity contribution < 1.29 is 8.78 Å². The molecular weight excluding hydrogens is 382 g/mol. The zero-order valence-electron chi connectivity index (χ0n) is 19.3. The molecule has 3 fully saturated rings. The fourth-order valence-corrected chi connectivity index (χ4v) is 8.08. The van der Waals surface area contributed by atoms with Gasteiger partial charge in [0.05, 0.1) is 0 Å². The lowest BCUT2D eigenvalue weighted by atomic mass is 9.65. The SMILES string of the molecule is CCCCCC(C)SC1CCC(C2CCC(C3CCC(C)CC3)CC2)C(F)C1F. The molecule has 0 bridgehead atoms. The first-order valence-electron chi connectivity index (χ1n) is 12.9. The largest absolute Gasteiger partial charge is 0.244 e. The second-order valence-electron chi connectivity index (χ2n) is 10.8. The van der Waals surface area contributed by atoms with Crippen LogP contribution < -0.4 is 0 Å². The second kappa shape index (κ2) is 11.7. The average Bonchev–Trinajstić information content (AvgIpc) is 2.73. The van der Waals surface area contributed by atoms with E-state index >= 15 is 8.78 Å². The van der Waals surface area contributed by atoms with Gasteiger partial charge in [-0.05, 0) is 87.4 Å². The summed E-state index contributed by atoms with van der Waals surface area (Å²) >= 11 is 1.74. The van der Waals surface area contributed by atoms with Gasteiger partial charge in [0.2, 0.25) is 0 Å². The molecule has 3 heteroatoms. The normalized spacial score (nSPS) is 42.5. The van der Waals surface area contributed by atoms with E-state index in [0.717, 1.165) is 49.9 Å². The van der Waals surface area contributed by atoms with Crippen LogP contribution in [0.2, 0.25) is 0 Å². The molecule has 0 aliphatic heterocycles. The molecule has 5 unspecified atom stereocenters. The summed E-state index contributed by atoms with van der Waals surface area (Å²) in [6, 6.07) is 0. The number of thioether (sulfide) groups is 1. The molecule has 0 saturated heterocycles. The molecule has 0 aromatic carbocycles. The summed E-state index contributed by atoms with van der Waals surface area (Å²) in [6.07, 6.45) is 14.7. The van der Waals surface area contributed by atoms with E-state index in [1.165, 1.54) is 57.8 Å². The average molecular weight is 429 g/mol. The maximum absolute atomic E-state index is 15.1. The predicted octanol–water partition coefficient (Wildman–Crippen LogP) is 8.78. The molecule has 0 spiro atoms. The zero-order valence-corrected chi connectivity index (χ0v) is 20.1. The van der Waals surface area contributed by atoms with Crippen LogP contribution in [-0.2, 0) is 0 Å². The van der Waals surface area contributed by atoms with Gasteiger partial charge < -0.3 is 0 Å². The van der Waals surface area contributed by atoms with Crippen molar-refractivity contribution in [2.24, 2.45) is 29.6 Å². The van der Waals surface area contributed by atoms with Gasteiger partial charge in [-0.1, -0.05) is 52.9 Å². The van der Waals surface area contributed by atoms with Crippen LogP contribution in [0.3, 0.4) is 0 Å². The Labute approximate surface area is 183 Å². The first-order chi connectivity index (χ1) is 14.0. The Morgan fingerprint density at radius 2 is 1.34 bits per heavy atom. The van der Waals surface area contributed by atoms with E-state index in [-0.39, 0.29) is 11.2 Å². The molecule has 3 aliphatic carbocycles. The first-order valence-corrected chi connectivity index (χ1v) is 13.9. The van der Waals surface area contributed by atoms with Crippen LogP contribution >= 0.6 is 11.8 Å². The highest BCUT2D eigenvalue weighted by Crippen LogP contribution is 2.48. The molecule has 0 radical (unpaired) electrons. The summed E-state index contributed by atoms with van der Waals surface area (Å²) in [4.78, 5) is 0. The number of halogens is 2. The van der Waals surface area contributed by atoms with Crippen LogP contribution in [0.1, 0.15) is 111 Å². The van der Waals surface area contributed by atoms with Crippen molar-refractivity contribution in [1.29, 1.82) is 0 Å². The molecule has 29 heavy (non-hydrogen) atoms. The summed E-state index contributed by atoms with van der Waals surface area (Å²) in [5.41, 5.74) is 0. The molecule has 3 saturated carbocycles. The molecule has 0 N–H and O–H groups in total. The van der Waals surface area contributed by atoms with Gasteiger partial charge in [-0.3, -0.25) is 0 Å². The standard InChI is InChI=1S/C26H46F2S/c1-4-5-6-7-19(3)29-24-17-16-23(25(27)26(24)28)22-14-12-21(13-15-22)20-10-8-18(2)9-11-20/h18-26H,4-17H2,1-3H3. The van der Waals surface area contributed by atoms with Gasteiger partial charge in [-0.25, -0.2) is 8.78 Å². The minimum atomic E-state index is -1.25. The molecule has 3 rings (SSSR count). The van der Waals surface area contributed by atoms with Gasteiger partial charge in [-0.2, -0.15) is 11.8 Å². The van der Waals surface area contributed by atoms with Gasteiger partial charge in [0, 0.05) is 10.5 Å². The van der Waals surface area contributed by atoms with Crippen molar-refractivity contribution in [3.63, 3.8) is 0 Å². The van der Waals surface area contributed by atoms with E-state index in [2.05, 4.69) is 20.8 Å². The number of alkyl halides is 2. The van der Waals surface area contributed by atoms with E-state index in [4.69, 9.17) is 0 Å². The highest BCUT2D eigenvalue weighted by Gasteiger charge is 2.45. The number of hydrogen-bond acceptors (Lipinski definition) is 1. The lowest BCUT2D eigenvalue weighted by Gasteiger charge is -2.43. The maximum atomic E-state index is 15.1. The Morgan fingerprint density at radius 1 is 0.759 bits per heavy atom. The summed E-state index contributed by atoms with van der Waals surface area (Å²) in [7, 11) is 0. The highest BCUT2D eigenvalue weighted by molar-refractivity contribution is 8.00. The van der Waals surface area contributed by atoms with Crippen LogP contribution in [0.5, 0.6) is 0 Å². The lowest BCUT2D eigenvalue weighted by molar-refractivity contribution is 0.0190. The Hall–Kier alpha value is 0.210. The van der Waals surface area contributed by atoms with Crippen molar-refractivity contribution in [2.75, 3.05) is 0 Å². The van der Waals surface area contributed by atoms with Crippen LogP contribution in [0, 0.1) is 29.6 Å². The maximum Gasteiger partial charge on any atom is 0.143 e. The van der Waals surface area contributed by atoms with E-state index in [1.54, 1.807) is 11.8 Å². The van der Waals surface area contributed by atoms with E-state index in [9.17, 15) is 0 Å². The Balaban J connectivity index is 1.42. The molecule has 0 aromatic heterocycles. The van der Waals surface area contributed by atoms with Gasteiger partial charge in [0.1, 0.15) is 12.3 Å². The summed E-state index contributed by atoms with van der Waals surface area (Å²) < 4.78 is 30.1. The zero-order chi connectivity index (χ0) is 20.8. The number of unbranched alkanes of at least 4 members (excludes halogenated alkanes) is 2. The summed E-state index contributed by atoms with van der Waals surface area (Å²) in [5.74, 6) is 3.13. The third-order valence-corrected chi connectivity index (χ3v) is 10.2. The molecule has 0 heterocycles. The third kappa shape index (κ3) is 6.59. The highest BCUT2D eigenvalue weighted by atomic mass is 32.2. The van der Waals surface area contributed by atoms with E-state index < -0.39 is 12.3 Å². The molecule has 5 atom stereocenters. The van der Waals surface area contributed by atoms with Crippen LogP contribution in [0.15, 0.2) is 0 Å². The second-order valence-corrected chi connectivity index (χ2v) is 12.5. The molecular formula is C26H46F2S. The van der Waals surface area contributed by atoms with Crippen molar-refractivity contribution >= 4 is 11.8 Å². The summed E-state index contributed by atoms with van der Waals surface area (Å²) in [6.45, 7) is 6.82. The topological polar surface area (TPSA) is 0 Å². The Bertz CT molecular complexity index is 454. The van der Waals surface area contributed by atoms with Gasteiger partial charge in [-0.15, -0.1) is 0 Å². The minimum absolute atomic E-state index is 0.00965. The quantitative estimate of drug-likeness (QED) is 0.348. The minimum Gasteiger partial charge on any atom is -0.244 e. The van der Waals surface area contributed by atoms with Crippen molar-refractivity contribution in [1.82, 2.24) is 0 Å². The fraction of sp³-hybridized carbons (Fsp3) is 1.00. The Kier molecular flexibility index (Phi) is 9.65. The Morgan fingerprint density at radius 3 is 1.97 bits per heavy atom. The number of rotatable bonds is 8. The van der Waals surface area contributed by atoms with Crippen molar-refractivity contribution in [3.05, 3.63) is 0 Å². The summed E-state index contributed by atoms with van der Waals surface area (Å²) in [5, 5.41) is 0.348. The smallest absolute Gasteiger partial charge is 0.143 e. The fourth-order valence-electron chi connectivity index (χ4n) is 6.61.